The summed E-state index contributed by atoms with van der Waals surface area (Å²) in [5.41, 5.74) is 0. The Labute approximate surface area is 87.4 Å². The molecule has 2 aliphatic rings. The summed E-state index contributed by atoms with van der Waals surface area (Å²) in [6.07, 6.45) is -5.27. The van der Waals surface area contributed by atoms with Crippen molar-refractivity contribution in [2.75, 3.05) is 0 Å². The third-order valence-corrected chi connectivity index (χ3v) is 2.56. The van der Waals surface area contributed by atoms with Crippen LogP contribution in [0, 0.1) is 5.92 Å². The molecule has 0 amide bonds. The van der Waals surface area contributed by atoms with Gasteiger partial charge in [-0.2, -0.15) is 0 Å². The molecule has 0 bridgehead atoms. The number of aliphatic hydroxyl groups excluding tert-OH is 3. The van der Waals surface area contributed by atoms with Crippen molar-refractivity contribution in [3.63, 3.8) is 0 Å². The van der Waals surface area contributed by atoms with Gasteiger partial charge >= 0.3 is 0 Å². The number of fused-ring (bicyclic) bond motifs is 1. The van der Waals surface area contributed by atoms with Gasteiger partial charge in [-0.3, -0.25) is 0 Å². The molecule has 6 nitrogen and oxygen atoms in total. The third kappa shape index (κ3) is 2.15. The van der Waals surface area contributed by atoms with E-state index in [2.05, 4.69) is 0 Å². The average Bonchev–Trinajstić information content (AvgIpc) is 2.92. The monoisotopic (exact) mass is 220 g/mol. The molecule has 0 aliphatic carbocycles. The van der Waals surface area contributed by atoms with Crippen LogP contribution in [-0.4, -0.2) is 52.5 Å². The van der Waals surface area contributed by atoms with E-state index in [1.54, 1.807) is 13.8 Å². The molecule has 2 aliphatic heterocycles. The van der Waals surface area contributed by atoms with Crippen LogP contribution in [0.15, 0.2) is 0 Å². The first-order chi connectivity index (χ1) is 7.00. The third-order valence-electron chi connectivity index (χ3n) is 2.56. The van der Waals surface area contributed by atoms with Crippen molar-refractivity contribution in [1.82, 2.24) is 0 Å². The first-order valence-corrected chi connectivity index (χ1v) is 5.01. The maximum absolute atomic E-state index is 9.57. The van der Waals surface area contributed by atoms with Crippen molar-refractivity contribution in [2.24, 2.45) is 5.92 Å². The van der Waals surface area contributed by atoms with Crippen LogP contribution >= 0.6 is 0 Å². The van der Waals surface area contributed by atoms with Gasteiger partial charge in [0, 0.05) is 5.92 Å². The number of aliphatic hydroxyl groups is 3. The summed E-state index contributed by atoms with van der Waals surface area (Å²) >= 11 is 0. The van der Waals surface area contributed by atoms with Gasteiger partial charge in [0.05, 0.1) is 0 Å². The second-order valence-corrected chi connectivity index (χ2v) is 4.23. The molecule has 2 rings (SSSR count). The van der Waals surface area contributed by atoms with Gasteiger partial charge in [-0.25, -0.2) is 0 Å². The van der Waals surface area contributed by atoms with E-state index in [0.29, 0.717) is 0 Å². The fraction of sp³-hybridized carbons (Fsp3) is 1.00. The number of ether oxygens (including phenoxy) is 3. The summed E-state index contributed by atoms with van der Waals surface area (Å²) in [6, 6.07) is 0. The fourth-order valence-electron chi connectivity index (χ4n) is 1.44. The summed E-state index contributed by atoms with van der Waals surface area (Å²) in [6.45, 7) is 3.54. The number of hydrogen-bond acceptors (Lipinski definition) is 6. The average molecular weight is 220 g/mol. The highest BCUT2D eigenvalue weighted by Crippen LogP contribution is 2.36. The molecule has 0 aromatic heterocycles. The largest absolute Gasteiger partial charge is 0.387 e. The van der Waals surface area contributed by atoms with E-state index in [-0.39, 0.29) is 5.92 Å². The van der Waals surface area contributed by atoms with E-state index >= 15 is 0 Å². The molecule has 2 fully saturated rings. The minimum Gasteiger partial charge on any atom is -0.387 e. The molecule has 0 aromatic rings. The molecule has 3 N–H and O–H groups in total. The van der Waals surface area contributed by atoms with Crippen LogP contribution in [0.4, 0.5) is 0 Å². The van der Waals surface area contributed by atoms with Gasteiger partial charge in [0.1, 0.15) is 18.3 Å². The van der Waals surface area contributed by atoms with Crippen LogP contribution in [0.5, 0.6) is 0 Å². The van der Waals surface area contributed by atoms with Gasteiger partial charge in [0.2, 0.25) is 0 Å². The number of epoxide rings is 1. The highest BCUT2D eigenvalue weighted by molar-refractivity contribution is 4.95. The second-order valence-electron chi connectivity index (χ2n) is 4.23. The van der Waals surface area contributed by atoms with Gasteiger partial charge in [-0.05, 0) is 0 Å². The summed E-state index contributed by atoms with van der Waals surface area (Å²) in [5.74, 6) is -0.115. The van der Waals surface area contributed by atoms with Crippen LogP contribution < -0.4 is 0 Å². The zero-order chi connectivity index (χ0) is 11.2. The zero-order valence-electron chi connectivity index (χ0n) is 8.61. The highest BCUT2D eigenvalue weighted by Gasteiger charge is 2.56. The van der Waals surface area contributed by atoms with Gasteiger partial charge in [-0.1, -0.05) is 13.8 Å². The zero-order valence-corrected chi connectivity index (χ0v) is 8.61. The molecule has 0 aromatic carbocycles. The van der Waals surface area contributed by atoms with E-state index in [1.165, 1.54) is 0 Å². The molecule has 2 heterocycles. The van der Waals surface area contributed by atoms with Gasteiger partial charge in [0.25, 0.3) is 0 Å². The van der Waals surface area contributed by atoms with E-state index in [0.717, 1.165) is 0 Å². The second kappa shape index (κ2) is 3.97. The smallest absolute Gasteiger partial charge is 0.192 e. The normalized spacial score (nSPS) is 46.4. The Hall–Kier alpha value is -0.240. The summed E-state index contributed by atoms with van der Waals surface area (Å²) in [4.78, 5) is 0. The Morgan fingerprint density at radius 1 is 1.13 bits per heavy atom. The summed E-state index contributed by atoms with van der Waals surface area (Å²) in [5, 5.41) is 28.5. The minimum atomic E-state index is -1.19. The van der Waals surface area contributed by atoms with Gasteiger partial charge < -0.3 is 29.5 Å². The van der Waals surface area contributed by atoms with E-state index in [1.807, 2.05) is 0 Å². The molecule has 6 atom stereocenters. The van der Waals surface area contributed by atoms with E-state index in [4.69, 9.17) is 14.2 Å². The van der Waals surface area contributed by atoms with Crippen molar-refractivity contribution in [2.45, 2.75) is 51.0 Å². The standard InChI is InChI=1S/C9H16O6/c1-3(2)7(12)14-8-5(11)4(10)6-9(13-6)15-8/h3-12H,1-2H3. The van der Waals surface area contributed by atoms with Crippen LogP contribution in [0.2, 0.25) is 0 Å². The molecule has 6 heteroatoms. The van der Waals surface area contributed by atoms with Crippen molar-refractivity contribution in [3.8, 4) is 0 Å². The van der Waals surface area contributed by atoms with Crippen LogP contribution in [-0.2, 0) is 14.2 Å². The summed E-state index contributed by atoms with van der Waals surface area (Å²) < 4.78 is 15.2. The number of rotatable bonds is 3. The lowest BCUT2D eigenvalue weighted by atomic mass is 10.1. The fourth-order valence-corrected chi connectivity index (χ4v) is 1.44. The Kier molecular flexibility index (Phi) is 2.98. The molecule has 0 radical (unpaired) electrons. The molecule has 2 saturated heterocycles. The summed E-state index contributed by atoms with van der Waals surface area (Å²) in [7, 11) is 0. The van der Waals surface area contributed by atoms with Crippen molar-refractivity contribution in [1.29, 1.82) is 0 Å². The first kappa shape index (κ1) is 11.3. The molecule has 6 unspecified atom stereocenters. The lowest BCUT2D eigenvalue weighted by Gasteiger charge is -2.31. The van der Waals surface area contributed by atoms with Crippen molar-refractivity contribution in [3.05, 3.63) is 0 Å². The lowest BCUT2D eigenvalue weighted by molar-refractivity contribution is -0.299. The Bertz CT molecular complexity index is 233. The van der Waals surface area contributed by atoms with Gasteiger partial charge in [0.15, 0.2) is 18.9 Å². The predicted molar refractivity (Wildman–Crippen MR) is 47.5 cm³/mol. The molecule has 15 heavy (non-hydrogen) atoms. The quantitative estimate of drug-likeness (QED) is 0.408. The number of hydrogen-bond donors (Lipinski definition) is 3. The molecule has 0 saturated carbocycles. The molecular weight excluding hydrogens is 204 g/mol. The predicted octanol–water partition coefficient (Wildman–Crippen LogP) is -1.22. The maximum Gasteiger partial charge on any atom is 0.192 e. The Balaban J connectivity index is 1.91. The van der Waals surface area contributed by atoms with E-state index in [9.17, 15) is 15.3 Å². The van der Waals surface area contributed by atoms with Crippen molar-refractivity contribution >= 4 is 0 Å². The topological polar surface area (TPSA) is 91.7 Å². The van der Waals surface area contributed by atoms with E-state index < -0.39 is 37.2 Å². The van der Waals surface area contributed by atoms with Crippen LogP contribution in [0.1, 0.15) is 13.8 Å². The molecule has 0 spiro atoms. The maximum atomic E-state index is 9.57. The van der Waals surface area contributed by atoms with Crippen LogP contribution in [0.25, 0.3) is 0 Å². The first-order valence-electron chi connectivity index (χ1n) is 5.01. The molecular formula is C9H16O6. The van der Waals surface area contributed by atoms with Crippen molar-refractivity contribution < 1.29 is 29.5 Å². The molecule has 88 valence electrons. The van der Waals surface area contributed by atoms with Crippen LogP contribution in [0.3, 0.4) is 0 Å². The SMILES string of the molecule is CC(C)C(O)OC1OC2OC2C(O)C1O. The highest BCUT2D eigenvalue weighted by atomic mass is 16.8. The van der Waals surface area contributed by atoms with Gasteiger partial charge in [-0.15, -0.1) is 0 Å². The lowest BCUT2D eigenvalue weighted by Crippen LogP contribution is -2.50. The Morgan fingerprint density at radius 3 is 2.40 bits per heavy atom. The minimum absolute atomic E-state index is 0.115. The Morgan fingerprint density at radius 2 is 1.80 bits per heavy atom.